The van der Waals surface area contributed by atoms with E-state index in [1.165, 1.54) is 12.4 Å². The van der Waals surface area contributed by atoms with Crippen LogP contribution in [0.25, 0.3) is 0 Å². The molecule has 1 aromatic heterocycles. The van der Waals surface area contributed by atoms with E-state index in [1.54, 1.807) is 0 Å². The second kappa shape index (κ2) is 4.15. The third-order valence-corrected chi connectivity index (χ3v) is 4.63. The van der Waals surface area contributed by atoms with Gasteiger partial charge in [0.05, 0.1) is 6.20 Å². The lowest BCUT2D eigenvalue weighted by atomic mass is 10.0. The minimum Gasteiger partial charge on any atom is -0.329 e. The van der Waals surface area contributed by atoms with Crippen molar-refractivity contribution >= 4 is 10.0 Å². The Bertz CT molecular complexity index is 434. The zero-order chi connectivity index (χ0) is 11.6. The van der Waals surface area contributed by atoms with Crippen LogP contribution in [0.15, 0.2) is 17.3 Å². The van der Waals surface area contributed by atoms with E-state index in [0.29, 0.717) is 6.54 Å². The molecule has 0 radical (unpaired) electrons. The molecule has 0 bridgehead atoms. The summed E-state index contributed by atoms with van der Waals surface area (Å²) in [7, 11) is -3.49. The Morgan fingerprint density at radius 1 is 1.50 bits per heavy atom. The highest BCUT2D eigenvalue weighted by Gasteiger charge is 2.36. The summed E-state index contributed by atoms with van der Waals surface area (Å²) in [6.07, 6.45) is 6.31. The van der Waals surface area contributed by atoms with Gasteiger partial charge >= 0.3 is 0 Å². The van der Waals surface area contributed by atoms with Crippen molar-refractivity contribution in [2.45, 2.75) is 36.1 Å². The van der Waals surface area contributed by atoms with E-state index < -0.39 is 15.6 Å². The molecule has 90 valence electrons. The van der Waals surface area contributed by atoms with Gasteiger partial charge in [0, 0.05) is 18.3 Å². The van der Waals surface area contributed by atoms with Crippen LogP contribution in [0.4, 0.5) is 0 Å². The summed E-state index contributed by atoms with van der Waals surface area (Å²) in [5.41, 5.74) is 5.22. The number of aromatic nitrogens is 2. The number of H-pyrrole nitrogens is 1. The molecule has 1 fully saturated rings. The highest BCUT2D eigenvalue weighted by atomic mass is 32.2. The van der Waals surface area contributed by atoms with Gasteiger partial charge in [-0.15, -0.1) is 0 Å². The van der Waals surface area contributed by atoms with E-state index >= 15 is 0 Å². The van der Waals surface area contributed by atoms with Crippen LogP contribution in [-0.2, 0) is 10.0 Å². The normalized spacial score (nSPS) is 20.1. The summed E-state index contributed by atoms with van der Waals surface area (Å²) in [6, 6.07) is 0. The Kier molecular flexibility index (Phi) is 3.00. The fourth-order valence-electron chi connectivity index (χ4n) is 2.13. The largest absolute Gasteiger partial charge is 0.329 e. The number of nitrogens with two attached hydrogens (primary N) is 1. The maximum absolute atomic E-state index is 12.0. The van der Waals surface area contributed by atoms with Gasteiger partial charge in [0.25, 0.3) is 0 Å². The second-order valence-corrected chi connectivity index (χ2v) is 5.91. The molecule has 7 heteroatoms. The number of rotatable bonds is 4. The van der Waals surface area contributed by atoms with Crippen LogP contribution in [0.2, 0.25) is 0 Å². The van der Waals surface area contributed by atoms with E-state index in [9.17, 15) is 8.42 Å². The molecule has 1 aromatic rings. The molecule has 0 amide bonds. The van der Waals surface area contributed by atoms with Crippen LogP contribution in [0, 0.1) is 0 Å². The molecule has 0 saturated heterocycles. The van der Waals surface area contributed by atoms with Crippen molar-refractivity contribution in [1.82, 2.24) is 14.9 Å². The molecule has 16 heavy (non-hydrogen) atoms. The van der Waals surface area contributed by atoms with Crippen molar-refractivity contribution < 1.29 is 8.42 Å². The van der Waals surface area contributed by atoms with Gasteiger partial charge in [0.15, 0.2) is 0 Å². The molecule has 0 aliphatic heterocycles. The predicted octanol–water partition coefficient (Wildman–Crippen LogP) is -0.0405. The average molecular weight is 244 g/mol. The standard InChI is InChI=1S/C9H16N4O2S/c10-7-9(3-1-2-4-9)13-16(14,15)8-5-11-12-6-8/h5-6,13H,1-4,7,10H2,(H,11,12). The lowest BCUT2D eigenvalue weighted by molar-refractivity contribution is 0.399. The molecule has 1 aliphatic rings. The molecular weight excluding hydrogens is 228 g/mol. The molecule has 0 aromatic carbocycles. The van der Waals surface area contributed by atoms with Gasteiger partial charge in [0.2, 0.25) is 10.0 Å². The van der Waals surface area contributed by atoms with Crippen LogP contribution >= 0.6 is 0 Å². The molecule has 1 heterocycles. The minimum atomic E-state index is -3.49. The van der Waals surface area contributed by atoms with Gasteiger partial charge < -0.3 is 5.73 Å². The van der Waals surface area contributed by atoms with Gasteiger partial charge in [0.1, 0.15) is 4.90 Å². The van der Waals surface area contributed by atoms with Crippen molar-refractivity contribution in [1.29, 1.82) is 0 Å². The third-order valence-electron chi connectivity index (χ3n) is 3.09. The summed E-state index contributed by atoms with van der Waals surface area (Å²) in [5.74, 6) is 0. The molecule has 1 saturated carbocycles. The number of hydrogen-bond donors (Lipinski definition) is 3. The van der Waals surface area contributed by atoms with E-state index in [4.69, 9.17) is 5.73 Å². The Labute approximate surface area is 94.7 Å². The highest BCUT2D eigenvalue weighted by Crippen LogP contribution is 2.30. The monoisotopic (exact) mass is 244 g/mol. The average Bonchev–Trinajstić information content (AvgIpc) is 2.87. The SMILES string of the molecule is NCC1(NS(=O)(=O)c2cn[nH]c2)CCCC1. The van der Waals surface area contributed by atoms with Crippen LogP contribution in [0.1, 0.15) is 25.7 Å². The van der Waals surface area contributed by atoms with Gasteiger partial charge in [-0.2, -0.15) is 5.10 Å². The van der Waals surface area contributed by atoms with E-state index in [1.807, 2.05) is 0 Å². The summed E-state index contributed by atoms with van der Waals surface area (Å²) in [5, 5.41) is 6.13. The molecular formula is C9H16N4O2S. The fourth-order valence-corrected chi connectivity index (χ4v) is 3.50. The molecule has 4 N–H and O–H groups in total. The molecule has 2 rings (SSSR count). The molecule has 0 spiro atoms. The third kappa shape index (κ3) is 2.11. The van der Waals surface area contributed by atoms with Crippen molar-refractivity contribution in [3.8, 4) is 0 Å². The zero-order valence-corrected chi connectivity index (χ0v) is 9.76. The minimum absolute atomic E-state index is 0.159. The van der Waals surface area contributed by atoms with Crippen LogP contribution in [-0.4, -0.2) is 30.7 Å². The predicted molar refractivity (Wildman–Crippen MR) is 59.2 cm³/mol. The van der Waals surface area contributed by atoms with Crippen LogP contribution < -0.4 is 10.5 Å². The molecule has 0 unspecified atom stereocenters. The van der Waals surface area contributed by atoms with Crippen molar-refractivity contribution in [2.24, 2.45) is 5.73 Å². The first-order chi connectivity index (χ1) is 7.58. The molecule has 6 nitrogen and oxygen atoms in total. The Morgan fingerprint density at radius 3 is 2.69 bits per heavy atom. The van der Waals surface area contributed by atoms with Crippen molar-refractivity contribution in [2.75, 3.05) is 6.54 Å². The maximum Gasteiger partial charge on any atom is 0.244 e. The zero-order valence-electron chi connectivity index (χ0n) is 8.94. The Hall–Kier alpha value is -0.920. The first-order valence-electron chi connectivity index (χ1n) is 5.31. The van der Waals surface area contributed by atoms with Gasteiger partial charge in [-0.3, -0.25) is 5.10 Å². The molecule has 0 atom stereocenters. The smallest absolute Gasteiger partial charge is 0.244 e. The highest BCUT2D eigenvalue weighted by molar-refractivity contribution is 7.89. The number of sulfonamides is 1. The second-order valence-electron chi connectivity index (χ2n) is 4.23. The first-order valence-corrected chi connectivity index (χ1v) is 6.79. The number of nitrogens with one attached hydrogen (secondary N) is 2. The number of nitrogens with zero attached hydrogens (tertiary/aromatic N) is 1. The van der Waals surface area contributed by atoms with Crippen LogP contribution in [0.5, 0.6) is 0 Å². The summed E-state index contributed by atoms with van der Waals surface area (Å²) in [6.45, 7) is 0.337. The lowest BCUT2D eigenvalue weighted by Crippen LogP contribution is -2.51. The summed E-state index contributed by atoms with van der Waals surface area (Å²) < 4.78 is 26.7. The summed E-state index contributed by atoms with van der Waals surface area (Å²) >= 11 is 0. The lowest BCUT2D eigenvalue weighted by Gasteiger charge is -2.27. The quantitative estimate of drug-likeness (QED) is 0.691. The molecule has 1 aliphatic carbocycles. The van der Waals surface area contributed by atoms with E-state index in [0.717, 1.165) is 25.7 Å². The van der Waals surface area contributed by atoms with E-state index in [-0.39, 0.29) is 4.90 Å². The summed E-state index contributed by atoms with van der Waals surface area (Å²) in [4.78, 5) is 0.159. The van der Waals surface area contributed by atoms with Crippen LogP contribution in [0.3, 0.4) is 0 Å². The van der Waals surface area contributed by atoms with Crippen molar-refractivity contribution in [3.63, 3.8) is 0 Å². The number of hydrogen-bond acceptors (Lipinski definition) is 4. The van der Waals surface area contributed by atoms with Gasteiger partial charge in [-0.1, -0.05) is 12.8 Å². The Morgan fingerprint density at radius 2 is 2.19 bits per heavy atom. The first kappa shape index (κ1) is 11.6. The van der Waals surface area contributed by atoms with Gasteiger partial charge in [-0.05, 0) is 12.8 Å². The van der Waals surface area contributed by atoms with E-state index in [2.05, 4.69) is 14.9 Å². The van der Waals surface area contributed by atoms with Gasteiger partial charge in [-0.25, -0.2) is 13.1 Å². The Balaban J connectivity index is 2.20. The fraction of sp³-hybridized carbons (Fsp3) is 0.667. The van der Waals surface area contributed by atoms with Crippen molar-refractivity contribution in [3.05, 3.63) is 12.4 Å². The number of aromatic amines is 1. The topological polar surface area (TPSA) is 101 Å². The maximum atomic E-state index is 12.0.